The van der Waals surface area contributed by atoms with E-state index in [2.05, 4.69) is 20.8 Å². The van der Waals surface area contributed by atoms with Crippen molar-refractivity contribution in [2.75, 3.05) is 5.88 Å². The van der Waals surface area contributed by atoms with E-state index in [-0.39, 0.29) is 5.41 Å². The van der Waals surface area contributed by atoms with Crippen molar-refractivity contribution in [1.82, 2.24) is 0 Å². The van der Waals surface area contributed by atoms with Gasteiger partial charge in [-0.3, -0.25) is 0 Å². The van der Waals surface area contributed by atoms with Crippen LogP contribution in [-0.4, -0.2) is 18.1 Å². The van der Waals surface area contributed by atoms with Crippen molar-refractivity contribution in [2.45, 2.75) is 39.4 Å². The second-order valence-corrected chi connectivity index (χ2v) is 3.85. The van der Waals surface area contributed by atoms with Gasteiger partial charge in [-0.25, -0.2) is 0 Å². The molecule has 0 radical (unpaired) electrons. The Balaban J connectivity index is 2.61. The van der Waals surface area contributed by atoms with Gasteiger partial charge in [0, 0.05) is 11.3 Å². The summed E-state index contributed by atoms with van der Waals surface area (Å²) in [6.45, 7) is 6.40. The molecule has 3 unspecified atom stereocenters. The Morgan fingerprint density at radius 1 is 1.60 bits per heavy atom. The van der Waals surface area contributed by atoms with E-state index in [0.29, 0.717) is 18.1 Å². The molecule has 1 saturated heterocycles. The van der Waals surface area contributed by atoms with Gasteiger partial charge in [-0.2, -0.15) is 0 Å². The molecule has 3 atom stereocenters. The molecule has 0 aromatic heterocycles. The first-order chi connectivity index (χ1) is 4.58. The quantitative estimate of drug-likeness (QED) is 0.539. The van der Waals surface area contributed by atoms with Gasteiger partial charge in [0.2, 0.25) is 0 Å². The lowest BCUT2D eigenvalue weighted by atomic mass is 9.85. The largest absolute Gasteiger partial charge is 0.375 e. The maximum absolute atomic E-state index is 5.83. The number of hydrogen-bond donors (Lipinski definition) is 0. The predicted octanol–water partition coefficient (Wildman–Crippen LogP) is 2.43. The summed E-state index contributed by atoms with van der Waals surface area (Å²) >= 11 is 5.83. The molecule has 1 aliphatic rings. The topological polar surface area (TPSA) is 9.23 Å². The maximum atomic E-state index is 5.83. The fourth-order valence-electron chi connectivity index (χ4n) is 1.55. The van der Waals surface area contributed by atoms with Gasteiger partial charge in [-0.05, 0) is 20.3 Å². The van der Waals surface area contributed by atoms with Crippen molar-refractivity contribution in [1.29, 1.82) is 0 Å². The van der Waals surface area contributed by atoms with E-state index in [1.807, 2.05) is 0 Å². The second-order valence-electron chi connectivity index (χ2n) is 3.58. The summed E-state index contributed by atoms with van der Waals surface area (Å²) in [4.78, 5) is 0. The van der Waals surface area contributed by atoms with E-state index in [4.69, 9.17) is 16.3 Å². The highest BCUT2D eigenvalue weighted by Crippen LogP contribution is 2.38. The smallest absolute Gasteiger partial charge is 0.0616 e. The number of hydrogen-bond acceptors (Lipinski definition) is 1. The molecule has 10 heavy (non-hydrogen) atoms. The number of rotatable bonds is 1. The molecular weight excluding hydrogens is 148 g/mol. The van der Waals surface area contributed by atoms with E-state index in [1.165, 1.54) is 0 Å². The molecule has 1 aliphatic heterocycles. The van der Waals surface area contributed by atoms with Crippen molar-refractivity contribution in [3.8, 4) is 0 Å². The molecule has 1 fully saturated rings. The summed E-state index contributed by atoms with van der Waals surface area (Å²) in [6.07, 6.45) is 1.80. The minimum atomic E-state index is 0.209. The van der Waals surface area contributed by atoms with Gasteiger partial charge in [-0.1, -0.05) is 6.92 Å². The first kappa shape index (κ1) is 8.35. The van der Waals surface area contributed by atoms with Crippen LogP contribution in [0.3, 0.4) is 0 Å². The van der Waals surface area contributed by atoms with Gasteiger partial charge in [0.1, 0.15) is 0 Å². The summed E-state index contributed by atoms with van der Waals surface area (Å²) in [5.74, 6) is 0.707. The van der Waals surface area contributed by atoms with Crippen molar-refractivity contribution >= 4 is 11.6 Å². The molecule has 60 valence electrons. The Labute approximate surface area is 67.7 Å². The molecule has 0 spiro atoms. The summed E-state index contributed by atoms with van der Waals surface area (Å²) in [6, 6.07) is 0. The third-order valence-electron chi connectivity index (χ3n) is 2.48. The van der Waals surface area contributed by atoms with E-state index in [0.717, 1.165) is 6.42 Å². The lowest BCUT2D eigenvalue weighted by Gasteiger charge is -2.23. The predicted molar refractivity (Wildman–Crippen MR) is 43.5 cm³/mol. The van der Waals surface area contributed by atoms with Crippen molar-refractivity contribution < 1.29 is 4.74 Å². The Morgan fingerprint density at radius 2 is 2.20 bits per heavy atom. The molecule has 0 aromatic carbocycles. The van der Waals surface area contributed by atoms with Crippen molar-refractivity contribution in [3.63, 3.8) is 0 Å². The highest BCUT2D eigenvalue weighted by Gasteiger charge is 2.39. The first-order valence-corrected chi connectivity index (χ1v) is 4.33. The van der Waals surface area contributed by atoms with Crippen LogP contribution in [0.25, 0.3) is 0 Å². The van der Waals surface area contributed by atoms with Crippen molar-refractivity contribution in [3.05, 3.63) is 0 Å². The summed E-state index contributed by atoms with van der Waals surface area (Å²) in [5, 5.41) is 0. The highest BCUT2D eigenvalue weighted by molar-refractivity contribution is 6.18. The molecular formula is C8H15ClO. The van der Waals surface area contributed by atoms with Crippen LogP contribution >= 0.6 is 11.6 Å². The van der Waals surface area contributed by atoms with Crippen LogP contribution in [0.2, 0.25) is 0 Å². The maximum Gasteiger partial charge on any atom is 0.0616 e. The molecule has 1 nitrogen and oxygen atoms in total. The van der Waals surface area contributed by atoms with E-state index in [1.54, 1.807) is 0 Å². The highest BCUT2D eigenvalue weighted by atomic mass is 35.5. The average molecular weight is 163 g/mol. The molecule has 0 aromatic rings. The molecule has 1 heterocycles. The summed E-state index contributed by atoms with van der Waals surface area (Å²) < 4.78 is 5.58. The lowest BCUT2D eigenvalue weighted by Crippen LogP contribution is -2.26. The first-order valence-electron chi connectivity index (χ1n) is 3.80. The van der Waals surface area contributed by atoms with E-state index in [9.17, 15) is 0 Å². The van der Waals surface area contributed by atoms with E-state index >= 15 is 0 Å². The zero-order valence-electron chi connectivity index (χ0n) is 6.86. The normalized spacial score (nSPS) is 48.0. The fraction of sp³-hybridized carbons (Fsp3) is 1.00. The minimum absolute atomic E-state index is 0.209. The SMILES string of the molecule is CC1CC(C)(CCl)C(C)O1. The summed E-state index contributed by atoms with van der Waals surface area (Å²) in [7, 11) is 0. The zero-order valence-corrected chi connectivity index (χ0v) is 7.61. The Hall–Kier alpha value is 0.250. The minimum Gasteiger partial charge on any atom is -0.375 e. The third kappa shape index (κ3) is 1.30. The van der Waals surface area contributed by atoms with Gasteiger partial charge in [0.05, 0.1) is 12.2 Å². The van der Waals surface area contributed by atoms with Gasteiger partial charge in [0.15, 0.2) is 0 Å². The van der Waals surface area contributed by atoms with Crippen molar-refractivity contribution in [2.24, 2.45) is 5.41 Å². The lowest BCUT2D eigenvalue weighted by molar-refractivity contribution is 0.0415. The zero-order chi connectivity index (χ0) is 7.78. The van der Waals surface area contributed by atoms with Crippen LogP contribution in [0.5, 0.6) is 0 Å². The third-order valence-corrected chi connectivity index (χ3v) is 3.09. The molecule has 0 aliphatic carbocycles. The Kier molecular flexibility index (Phi) is 2.26. The molecule has 0 amide bonds. The van der Waals surface area contributed by atoms with Crippen LogP contribution in [0.4, 0.5) is 0 Å². The van der Waals surface area contributed by atoms with Crippen LogP contribution in [0.1, 0.15) is 27.2 Å². The van der Waals surface area contributed by atoms with Crippen LogP contribution in [-0.2, 0) is 4.74 Å². The number of halogens is 1. The standard InChI is InChI=1S/C8H15ClO/c1-6-4-8(3,5-9)7(2)10-6/h6-7H,4-5H2,1-3H3. The number of alkyl halides is 1. The number of ether oxygens (including phenoxy) is 1. The van der Waals surface area contributed by atoms with Gasteiger partial charge < -0.3 is 4.74 Å². The van der Waals surface area contributed by atoms with Gasteiger partial charge >= 0.3 is 0 Å². The molecule has 0 saturated carbocycles. The molecule has 2 heteroatoms. The second kappa shape index (κ2) is 2.71. The average Bonchev–Trinajstić information content (AvgIpc) is 2.09. The van der Waals surface area contributed by atoms with Gasteiger partial charge in [0.25, 0.3) is 0 Å². The molecule has 1 rings (SSSR count). The fourth-order valence-corrected chi connectivity index (χ4v) is 1.87. The van der Waals surface area contributed by atoms with Gasteiger partial charge in [-0.15, -0.1) is 11.6 Å². The Bertz CT molecular complexity index is 126. The Morgan fingerprint density at radius 3 is 2.40 bits per heavy atom. The van der Waals surface area contributed by atoms with E-state index < -0.39 is 0 Å². The molecule has 0 N–H and O–H groups in total. The summed E-state index contributed by atoms with van der Waals surface area (Å²) in [5.41, 5.74) is 0.209. The van der Waals surface area contributed by atoms with Crippen LogP contribution in [0.15, 0.2) is 0 Å². The monoisotopic (exact) mass is 162 g/mol. The van der Waals surface area contributed by atoms with Crippen LogP contribution < -0.4 is 0 Å². The van der Waals surface area contributed by atoms with Crippen LogP contribution in [0, 0.1) is 5.41 Å². The molecule has 0 bridgehead atoms.